The summed E-state index contributed by atoms with van der Waals surface area (Å²) in [7, 11) is 0. The quantitative estimate of drug-likeness (QED) is 0.906. The molecule has 0 amide bonds. The van der Waals surface area contributed by atoms with Crippen LogP contribution in [0.1, 0.15) is 32.5 Å². The van der Waals surface area contributed by atoms with E-state index in [1.54, 1.807) is 11.3 Å². The molecule has 1 atom stereocenters. The highest BCUT2D eigenvalue weighted by Crippen LogP contribution is 2.24. The molecule has 0 radical (unpaired) electrons. The fourth-order valence-electron chi connectivity index (χ4n) is 2.27. The Balaban J connectivity index is 1.88. The van der Waals surface area contributed by atoms with Gasteiger partial charge in [0, 0.05) is 44.1 Å². The molecule has 0 aromatic carbocycles. The average Bonchev–Trinajstić information content (AvgIpc) is 2.78. The molecule has 1 aromatic rings. The first-order valence-electron chi connectivity index (χ1n) is 6.74. The van der Waals surface area contributed by atoms with E-state index in [1.165, 1.54) is 6.54 Å². The summed E-state index contributed by atoms with van der Waals surface area (Å²) in [4.78, 5) is 9.55. The van der Waals surface area contributed by atoms with Gasteiger partial charge in [-0.1, -0.05) is 13.8 Å². The van der Waals surface area contributed by atoms with E-state index in [0.29, 0.717) is 0 Å². The van der Waals surface area contributed by atoms with Crippen molar-refractivity contribution in [3.63, 3.8) is 0 Å². The van der Waals surface area contributed by atoms with E-state index in [9.17, 15) is 0 Å². The molecule has 1 unspecified atom stereocenters. The predicted molar refractivity (Wildman–Crippen MR) is 78.2 cm³/mol. The molecule has 2 N–H and O–H groups in total. The third kappa shape index (κ3) is 3.43. The maximum Gasteiger partial charge on any atom is 0.185 e. The molecular formula is C13H24N4S. The van der Waals surface area contributed by atoms with Crippen LogP contribution in [-0.2, 0) is 0 Å². The summed E-state index contributed by atoms with van der Waals surface area (Å²) in [5, 5.41) is 3.21. The number of piperazine rings is 1. The lowest BCUT2D eigenvalue weighted by Crippen LogP contribution is -2.47. The lowest BCUT2D eigenvalue weighted by atomic mass is 10.2. The standard InChI is InChI=1S/C13H24N4S/c1-10(2)8-16-4-6-17(7-5-16)13-15-12(9-18-13)11(3)14/h9-11H,4-8,14H2,1-3H3. The second kappa shape index (κ2) is 5.99. The SMILES string of the molecule is CC(C)CN1CCN(c2nc(C(C)N)cs2)CC1. The van der Waals surface area contributed by atoms with E-state index >= 15 is 0 Å². The average molecular weight is 268 g/mol. The van der Waals surface area contributed by atoms with Gasteiger partial charge < -0.3 is 10.6 Å². The molecule has 102 valence electrons. The molecule has 1 saturated heterocycles. The van der Waals surface area contributed by atoms with Crippen molar-refractivity contribution in [2.24, 2.45) is 11.7 Å². The van der Waals surface area contributed by atoms with Crippen molar-refractivity contribution in [1.82, 2.24) is 9.88 Å². The minimum absolute atomic E-state index is 0.0391. The smallest absolute Gasteiger partial charge is 0.185 e. The number of hydrogen-bond acceptors (Lipinski definition) is 5. The first-order chi connectivity index (χ1) is 8.56. The molecule has 2 heterocycles. The molecule has 2 rings (SSSR count). The van der Waals surface area contributed by atoms with Gasteiger partial charge in [0.1, 0.15) is 0 Å². The van der Waals surface area contributed by atoms with Crippen LogP contribution in [0.25, 0.3) is 0 Å². The number of hydrogen-bond donors (Lipinski definition) is 1. The Morgan fingerprint density at radius 1 is 1.28 bits per heavy atom. The largest absolute Gasteiger partial charge is 0.346 e. The van der Waals surface area contributed by atoms with E-state index in [4.69, 9.17) is 5.73 Å². The summed E-state index contributed by atoms with van der Waals surface area (Å²) in [6, 6.07) is 0.0391. The fourth-order valence-corrected chi connectivity index (χ4v) is 3.25. The van der Waals surface area contributed by atoms with E-state index in [1.807, 2.05) is 6.92 Å². The highest BCUT2D eigenvalue weighted by atomic mass is 32.1. The highest BCUT2D eigenvalue weighted by Gasteiger charge is 2.20. The molecule has 0 bridgehead atoms. The first-order valence-corrected chi connectivity index (χ1v) is 7.62. The molecule has 4 nitrogen and oxygen atoms in total. The number of aromatic nitrogens is 1. The highest BCUT2D eigenvalue weighted by molar-refractivity contribution is 7.13. The van der Waals surface area contributed by atoms with Crippen LogP contribution in [0.2, 0.25) is 0 Å². The normalized spacial score (nSPS) is 19.5. The zero-order chi connectivity index (χ0) is 13.1. The maximum atomic E-state index is 5.85. The first kappa shape index (κ1) is 13.8. The summed E-state index contributed by atoms with van der Waals surface area (Å²) in [5.41, 5.74) is 6.86. The second-order valence-corrected chi connectivity index (χ2v) is 6.36. The molecule has 1 aliphatic heterocycles. The van der Waals surface area contributed by atoms with Gasteiger partial charge in [-0.15, -0.1) is 11.3 Å². The molecule has 1 aromatic heterocycles. The molecule has 1 fully saturated rings. The van der Waals surface area contributed by atoms with Gasteiger partial charge in [-0.05, 0) is 12.8 Å². The molecule has 1 aliphatic rings. The van der Waals surface area contributed by atoms with Gasteiger partial charge in [0.15, 0.2) is 5.13 Å². The minimum Gasteiger partial charge on any atom is -0.346 e. The summed E-state index contributed by atoms with van der Waals surface area (Å²) in [6.07, 6.45) is 0. The molecule has 18 heavy (non-hydrogen) atoms. The summed E-state index contributed by atoms with van der Waals surface area (Å²) >= 11 is 1.72. The van der Waals surface area contributed by atoms with Crippen molar-refractivity contribution in [3.05, 3.63) is 11.1 Å². The Labute approximate surface area is 114 Å². The van der Waals surface area contributed by atoms with Gasteiger partial charge in [0.25, 0.3) is 0 Å². The Hall–Kier alpha value is -0.650. The second-order valence-electron chi connectivity index (χ2n) is 5.53. The lowest BCUT2D eigenvalue weighted by molar-refractivity contribution is 0.231. The zero-order valence-corrected chi connectivity index (χ0v) is 12.4. The molecule has 5 heteroatoms. The maximum absolute atomic E-state index is 5.85. The number of anilines is 1. The van der Waals surface area contributed by atoms with E-state index in [2.05, 4.69) is 34.0 Å². The Morgan fingerprint density at radius 2 is 1.94 bits per heavy atom. The van der Waals surface area contributed by atoms with Crippen LogP contribution in [0.5, 0.6) is 0 Å². The van der Waals surface area contributed by atoms with Crippen molar-refractivity contribution in [1.29, 1.82) is 0 Å². The zero-order valence-electron chi connectivity index (χ0n) is 11.6. The van der Waals surface area contributed by atoms with E-state index in [-0.39, 0.29) is 6.04 Å². The van der Waals surface area contributed by atoms with Crippen LogP contribution in [-0.4, -0.2) is 42.6 Å². The third-order valence-electron chi connectivity index (χ3n) is 3.24. The summed E-state index contributed by atoms with van der Waals surface area (Å²) < 4.78 is 0. The molecule has 0 aliphatic carbocycles. The van der Waals surface area contributed by atoms with Crippen molar-refractivity contribution in [2.75, 3.05) is 37.6 Å². The Bertz CT molecular complexity index is 367. The van der Waals surface area contributed by atoms with Gasteiger partial charge in [-0.25, -0.2) is 4.98 Å². The number of nitrogens with zero attached hydrogens (tertiary/aromatic N) is 3. The summed E-state index contributed by atoms with van der Waals surface area (Å²) in [6.45, 7) is 12.2. The number of rotatable bonds is 4. The monoisotopic (exact) mass is 268 g/mol. The van der Waals surface area contributed by atoms with E-state index in [0.717, 1.165) is 42.9 Å². The van der Waals surface area contributed by atoms with Crippen LogP contribution < -0.4 is 10.6 Å². The van der Waals surface area contributed by atoms with Crippen LogP contribution >= 0.6 is 11.3 Å². The third-order valence-corrected chi connectivity index (χ3v) is 4.16. The fraction of sp³-hybridized carbons (Fsp3) is 0.769. The van der Waals surface area contributed by atoms with Crippen molar-refractivity contribution in [2.45, 2.75) is 26.8 Å². The molecule has 0 spiro atoms. The minimum atomic E-state index is 0.0391. The topological polar surface area (TPSA) is 45.4 Å². The number of thiazole rings is 1. The van der Waals surface area contributed by atoms with Crippen LogP contribution in [0.15, 0.2) is 5.38 Å². The van der Waals surface area contributed by atoms with Crippen molar-refractivity contribution >= 4 is 16.5 Å². The van der Waals surface area contributed by atoms with Gasteiger partial charge in [-0.3, -0.25) is 4.90 Å². The van der Waals surface area contributed by atoms with Gasteiger partial charge >= 0.3 is 0 Å². The van der Waals surface area contributed by atoms with Crippen LogP contribution in [0, 0.1) is 5.92 Å². The van der Waals surface area contributed by atoms with Gasteiger partial charge in [0.2, 0.25) is 0 Å². The Morgan fingerprint density at radius 3 is 2.44 bits per heavy atom. The van der Waals surface area contributed by atoms with Gasteiger partial charge in [0.05, 0.1) is 5.69 Å². The van der Waals surface area contributed by atoms with Crippen LogP contribution in [0.4, 0.5) is 5.13 Å². The summed E-state index contributed by atoms with van der Waals surface area (Å²) in [5.74, 6) is 0.751. The van der Waals surface area contributed by atoms with Crippen molar-refractivity contribution in [3.8, 4) is 0 Å². The van der Waals surface area contributed by atoms with Gasteiger partial charge in [-0.2, -0.15) is 0 Å². The Kier molecular flexibility index (Phi) is 4.59. The van der Waals surface area contributed by atoms with Crippen molar-refractivity contribution < 1.29 is 0 Å². The molecule has 0 saturated carbocycles. The molecular weight excluding hydrogens is 244 g/mol. The predicted octanol–water partition coefficient (Wildman–Crippen LogP) is 1.94. The number of nitrogens with two attached hydrogens (primary N) is 1. The van der Waals surface area contributed by atoms with Crippen LogP contribution in [0.3, 0.4) is 0 Å². The lowest BCUT2D eigenvalue weighted by Gasteiger charge is -2.35. The van der Waals surface area contributed by atoms with E-state index < -0.39 is 0 Å².